The Morgan fingerprint density at radius 1 is 1.41 bits per heavy atom. The van der Waals surface area contributed by atoms with Crippen molar-refractivity contribution in [1.82, 2.24) is 4.98 Å². The fraction of sp³-hybridized carbons (Fsp3) is 0.308. The van der Waals surface area contributed by atoms with E-state index in [2.05, 4.69) is 23.5 Å². The highest BCUT2D eigenvalue weighted by Crippen LogP contribution is 2.24. The second kappa shape index (κ2) is 5.61. The number of nitrogens with zero attached hydrogens (tertiary/aromatic N) is 1. The number of benzene rings is 1. The van der Waals surface area contributed by atoms with E-state index in [-0.39, 0.29) is 0 Å². The second-order valence-corrected chi connectivity index (χ2v) is 5.66. The summed E-state index contributed by atoms with van der Waals surface area (Å²) in [6, 6.07) is 7.80. The van der Waals surface area contributed by atoms with Crippen LogP contribution in [-0.4, -0.2) is 23.0 Å². The van der Waals surface area contributed by atoms with Gasteiger partial charge >= 0.3 is 0 Å². The van der Waals surface area contributed by atoms with Gasteiger partial charge in [-0.1, -0.05) is 18.5 Å². The van der Waals surface area contributed by atoms with E-state index in [1.54, 1.807) is 0 Å². The zero-order valence-electron chi connectivity index (χ0n) is 9.90. The minimum Gasteiger partial charge on any atom is -0.383 e. The summed E-state index contributed by atoms with van der Waals surface area (Å²) in [6.07, 6.45) is 3.93. The molecule has 0 radical (unpaired) electrons. The van der Waals surface area contributed by atoms with Gasteiger partial charge in [0.05, 0.1) is 5.52 Å². The van der Waals surface area contributed by atoms with Gasteiger partial charge in [-0.05, 0) is 30.5 Å². The topological polar surface area (TPSA) is 24.9 Å². The van der Waals surface area contributed by atoms with Crippen molar-refractivity contribution in [3.63, 3.8) is 0 Å². The molecule has 4 heteroatoms. The molecule has 0 aliphatic heterocycles. The second-order valence-electron chi connectivity index (χ2n) is 3.95. The van der Waals surface area contributed by atoms with E-state index in [0.29, 0.717) is 5.25 Å². The van der Waals surface area contributed by atoms with E-state index in [1.807, 2.05) is 42.2 Å². The quantitative estimate of drug-likeness (QED) is 0.904. The fourth-order valence-corrected chi connectivity index (χ4v) is 2.03. The van der Waals surface area contributed by atoms with Crippen LogP contribution in [0.1, 0.15) is 6.92 Å². The largest absolute Gasteiger partial charge is 0.383 e. The first-order valence-electron chi connectivity index (χ1n) is 5.51. The molecule has 1 atom stereocenters. The minimum absolute atomic E-state index is 0.588. The molecule has 0 fully saturated rings. The number of nitrogens with one attached hydrogen (secondary N) is 1. The van der Waals surface area contributed by atoms with E-state index >= 15 is 0 Å². The predicted octanol–water partition coefficient (Wildman–Crippen LogP) is 4.05. The zero-order chi connectivity index (χ0) is 12.3. The van der Waals surface area contributed by atoms with Crippen LogP contribution in [0.5, 0.6) is 0 Å². The normalized spacial score (nSPS) is 12.6. The Labute approximate surface area is 111 Å². The predicted molar refractivity (Wildman–Crippen MR) is 78.2 cm³/mol. The van der Waals surface area contributed by atoms with Crippen molar-refractivity contribution >= 4 is 40.0 Å². The third-order valence-electron chi connectivity index (χ3n) is 2.69. The number of thioether (sulfide) groups is 1. The van der Waals surface area contributed by atoms with Crippen LogP contribution in [-0.2, 0) is 0 Å². The van der Waals surface area contributed by atoms with Crippen LogP contribution in [0.2, 0.25) is 5.02 Å². The number of pyridine rings is 1. The molecule has 1 unspecified atom stereocenters. The number of rotatable bonds is 4. The molecule has 0 aliphatic rings. The van der Waals surface area contributed by atoms with Gasteiger partial charge < -0.3 is 5.32 Å². The molecule has 0 aliphatic carbocycles. The lowest BCUT2D eigenvalue weighted by Crippen LogP contribution is -2.12. The summed E-state index contributed by atoms with van der Waals surface area (Å²) < 4.78 is 0. The number of halogens is 1. The zero-order valence-corrected chi connectivity index (χ0v) is 11.5. The Kier molecular flexibility index (Phi) is 4.13. The molecule has 1 heterocycles. The first kappa shape index (κ1) is 12.5. The summed E-state index contributed by atoms with van der Waals surface area (Å²) in [5, 5.41) is 5.88. The van der Waals surface area contributed by atoms with E-state index in [9.17, 15) is 0 Å². The van der Waals surface area contributed by atoms with Crippen molar-refractivity contribution in [3.8, 4) is 0 Å². The number of anilines is 1. The molecule has 1 aromatic carbocycles. The van der Waals surface area contributed by atoms with Crippen LogP contribution in [0.4, 0.5) is 5.69 Å². The average Bonchev–Trinajstić information content (AvgIpc) is 2.35. The lowest BCUT2D eigenvalue weighted by molar-refractivity contribution is 1.00. The Morgan fingerprint density at radius 3 is 3.00 bits per heavy atom. The summed E-state index contributed by atoms with van der Waals surface area (Å²) in [6.45, 7) is 3.15. The third-order valence-corrected chi connectivity index (χ3v) is 3.89. The summed E-state index contributed by atoms with van der Waals surface area (Å²) in [7, 11) is 0. The van der Waals surface area contributed by atoms with Crippen LogP contribution in [0.3, 0.4) is 0 Å². The van der Waals surface area contributed by atoms with Crippen LogP contribution in [0, 0.1) is 0 Å². The molecule has 1 aromatic heterocycles. The van der Waals surface area contributed by atoms with E-state index in [4.69, 9.17) is 11.6 Å². The van der Waals surface area contributed by atoms with Crippen molar-refractivity contribution < 1.29 is 0 Å². The lowest BCUT2D eigenvalue weighted by atomic mass is 10.2. The summed E-state index contributed by atoms with van der Waals surface area (Å²) in [4.78, 5) is 4.32. The summed E-state index contributed by atoms with van der Waals surface area (Å²) >= 11 is 7.81. The molecular weight excluding hydrogens is 252 g/mol. The van der Waals surface area contributed by atoms with E-state index in [0.717, 1.165) is 28.2 Å². The summed E-state index contributed by atoms with van der Waals surface area (Å²) in [5.41, 5.74) is 2.05. The SMILES string of the molecule is CSC(C)CNc1ccnc2cc(Cl)ccc12. The summed E-state index contributed by atoms with van der Waals surface area (Å²) in [5.74, 6) is 0. The molecule has 0 amide bonds. The third kappa shape index (κ3) is 3.05. The smallest absolute Gasteiger partial charge is 0.0737 e. The van der Waals surface area contributed by atoms with Gasteiger partial charge in [0.1, 0.15) is 0 Å². The molecule has 0 saturated carbocycles. The highest BCUT2D eigenvalue weighted by molar-refractivity contribution is 7.99. The molecule has 2 aromatic rings. The van der Waals surface area contributed by atoms with Crippen LogP contribution in [0.25, 0.3) is 10.9 Å². The molecule has 90 valence electrons. The van der Waals surface area contributed by atoms with Gasteiger partial charge in [-0.2, -0.15) is 11.8 Å². The van der Waals surface area contributed by atoms with Crippen LogP contribution in [0.15, 0.2) is 30.5 Å². The van der Waals surface area contributed by atoms with Crippen molar-refractivity contribution in [2.75, 3.05) is 18.1 Å². The first-order chi connectivity index (χ1) is 8.20. The van der Waals surface area contributed by atoms with Crippen LogP contribution < -0.4 is 5.32 Å². The fourth-order valence-electron chi connectivity index (χ4n) is 1.61. The van der Waals surface area contributed by atoms with Gasteiger partial charge in [0.2, 0.25) is 0 Å². The van der Waals surface area contributed by atoms with Crippen molar-refractivity contribution in [2.45, 2.75) is 12.2 Å². The maximum Gasteiger partial charge on any atom is 0.0737 e. The number of fused-ring (bicyclic) bond motifs is 1. The first-order valence-corrected chi connectivity index (χ1v) is 7.18. The van der Waals surface area contributed by atoms with Crippen LogP contribution >= 0.6 is 23.4 Å². The van der Waals surface area contributed by atoms with Gasteiger partial charge in [0, 0.05) is 34.1 Å². The maximum atomic E-state index is 5.96. The van der Waals surface area contributed by atoms with Gasteiger partial charge in [-0.15, -0.1) is 0 Å². The molecule has 0 spiro atoms. The Bertz CT molecular complexity index is 516. The Morgan fingerprint density at radius 2 is 2.24 bits per heavy atom. The average molecular weight is 267 g/mol. The standard InChI is InChI=1S/C13H15ClN2S/c1-9(17-2)8-16-12-5-6-15-13-7-10(14)3-4-11(12)13/h3-7,9H,8H2,1-2H3,(H,15,16). The molecule has 2 rings (SSSR count). The molecule has 0 saturated heterocycles. The van der Waals surface area contributed by atoms with Crippen molar-refractivity contribution in [2.24, 2.45) is 0 Å². The maximum absolute atomic E-state index is 5.96. The van der Waals surface area contributed by atoms with Gasteiger partial charge in [-0.3, -0.25) is 4.98 Å². The molecular formula is C13H15ClN2S. The molecule has 0 bridgehead atoms. The van der Waals surface area contributed by atoms with Crippen molar-refractivity contribution in [1.29, 1.82) is 0 Å². The number of hydrogen-bond donors (Lipinski definition) is 1. The lowest BCUT2D eigenvalue weighted by Gasteiger charge is -2.12. The monoisotopic (exact) mass is 266 g/mol. The van der Waals surface area contributed by atoms with Crippen molar-refractivity contribution in [3.05, 3.63) is 35.5 Å². The van der Waals surface area contributed by atoms with Gasteiger partial charge in [0.15, 0.2) is 0 Å². The number of aromatic nitrogens is 1. The Balaban J connectivity index is 2.28. The highest BCUT2D eigenvalue weighted by atomic mass is 35.5. The molecule has 1 N–H and O–H groups in total. The molecule has 2 nitrogen and oxygen atoms in total. The highest BCUT2D eigenvalue weighted by Gasteiger charge is 2.04. The minimum atomic E-state index is 0.588. The van der Waals surface area contributed by atoms with Gasteiger partial charge in [0.25, 0.3) is 0 Å². The van der Waals surface area contributed by atoms with E-state index in [1.165, 1.54) is 0 Å². The number of hydrogen-bond acceptors (Lipinski definition) is 3. The van der Waals surface area contributed by atoms with Gasteiger partial charge in [-0.25, -0.2) is 0 Å². The Hall–Kier alpha value is -0.930. The van der Waals surface area contributed by atoms with E-state index < -0.39 is 0 Å². The molecule has 17 heavy (non-hydrogen) atoms.